The van der Waals surface area contributed by atoms with Gasteiger partial charge >= 0.3 is 6.18 Å². The quantitative estimate of drug-likeness (QED) is 0.341. The summed E-state index contributed by atoms with van der Waals surface area (Å²) in [5, 5.41) is 12.1. The molecule has 228 valence electrons. The molecule has 0 bridgehead atoms. The predicted molar refractivity (Wildman–Crippen MR) is 163 cm³/mol. The maximum atomic E-state index is 13.4. The molecule has 7 heteroatoms. The number of rotatable bonds is 6. The van der Waals surface area contributed by atoms with Crippen LogP contribution in [0.15, 0.2) is 24.3 Å². The van der Waals surface area contributed by atoms with Crippen molar-refractivity contribution in [2.45, 2.75) is 142 Å². The highest BCUT2D eigenvalue weighted by atomic mass is 28.4. The summed E-state index contributed by atoms with van der Waals surface area (Å²) < 4.78 is 47.3. The van der Waals surface area contributed by atoms with Crippen LogP contribution >= 0.6 is 0 Å². The molecule has 0 radical (unpaired) electrons. The highest BCUT2D eigenvalue weighted by molar-refractivity contribution is 6.74. The molecule has 0 unspecified atom stereocenters. The molecule has 2 aromatic rings. The van der Waals surface area contributed by atoms with E-state index in [1.165, 1.54) is 24.1 Å². The Morgan fingerprint density at radius 2 is 1.56 bits per heavy atom. The molecule has 0 aliphatic heterocycles. The molecule has 4 rings (SSSR count). The molecule has 0 amide bonds. The van der Waals surface area contributed by atoms with Crippen molar-refractivity contribution in [2.75, 3.05) is 0 Å². The number of nitrogens with zero attached hydrogens (tertiary/aromatic N) is 1. The Kier molecular flexibility index (Phi) is 8.97. The van der Waals surface area contributed by atoms with Crippen LogP contribution in [0.3, 0.4) is 0 Å². The van der Waals surface area contributed by atoms with Crippen molar-refractivity contribution in [3.63, 3.8) is 0 Å². The van der Waals surface area contributed by atoms with Crippen molar-refractivity contribution in [3.8, 4) is 0 Å². The van der Waals surface area contributed by atoms with E-state index >= 15 is 0 Å². The highest BCUT2D eigenvalue weighted by Crippen LogP contribution is 2.53. The van der Waals surface area contributed by atoms with E-state index in [0.717, 1.165) is 73.2 Å². The van der Waals surface area contributed by atoms with Crippen LogP contribution < -0.4 is 0 Å². The average molecular weight is 590 g/mol. The minimum Gasteiger partial charge on any atom is -0.410 e. The molecule has 1 heterocycles. The molecule has 1 fully saturated rings. The molecule has 0 saturated heterocycles. The molecular formula is C34H50F3NO2Si. The van der Waals surface area contributed by atoms with Crippen molar-refractivity contribution in [1.82, 2.24) is 4.98 Å². The van der Waals surface area contributed by atoms with E-state index < -0.39 is 26.2 Å². The zero-order chi connectivity index (χ0) is 30.5. The third-order valence-corrected chi connectivity index (χ3v) is 14.2. The van der Waals surface area contributed by atoms with Gasteiger partial charge in [-0.05, 0) is 84.3 Å². The second kappa shape index (κ2) is 11.4. The first-order valence-corrected chi connectivity index (χ1v) is 18.3. The van der Waals surface area contributed by atoms with Gasteiger partial charge in [0.05, 0.1) is 11.7 Å². The van der Waals surface area contributed by atoms with Gasteiger partial charge in [-0.3, -0.25) is 4.98 Å². The summed E-state index contributed by atoms with van der Waals surface area (Å²) >= 11 is 0. The summed E-state index contributed by atoms with van der Waals surface area (Å²) in [7, 11) is -2.16. The lowest BCUT2D eigenvalue weighted by Crippen LogP contribution is -2.44. The van der Waals surface area contributed by atoms with Crippen molar-refractivity contribution in [3.05, 3.63) is 63.5 Å². The molecule has 2 aliphatic rings. The number of halogens is 3. The van der Waals surface area contributed by atoms with Gasteiger partial charge in [0, 0.05) is 22.5 Å². The van der Waals surface area contributed by atoms with E-state index in [9.17, 15) is 18.3 Å². The molecule has 41 heavy (non-hydrogen) atoms. The maximum Gasteiger partial charge on any atom is 0.416 e. The summed E-state index contributed by atoms with van der Waals surface area (Å²) in [6, 6.07) is 5.00. The topological polar surface area (TPSA) is 42.4 Å². The molecule has 1 N–H and O–H groups in total. The van der Waals surface area contributed by atoms with Crippen LogP contribution in [0.4, 0.5) is 13.2 Å². The highest BCUT2D eigenvalue weighted by Gasteiger charge is 2.45. The zero-order valence-electron chi connectivity index (χ0n) is 26.5. The lowest BCUT2D eigenvalue weighted by molar-refractivity contribution is -0.137. The van der Waals surface area contributed by atoms with Crippen molar-refractivity contribution in [1.29, 1.82) is 0 Å². The fourth-order valence-corrected chi connectivity index (χ4v) is 7.81. The van der Waals surface area contributed by atoms with Gasteiger partial charge in [-0.1, -0.05) is 79.9 Å². The Labute approximate surface area is 246 Å². The molecule has 0 spiro atoms. The first kappa shape index (κ1) is 32.2. The molecule has 3 nitrogen and oxygen atoms in total. The number of alkyl halides is 3. The third kappa shape index (κ3) is 6.78. The fourth-order valence-electron chi connectivity index (χ4n) is 6.54. The number of aliphatic hydroxyl groups excluding tert-OH is 1. The lowest BCUT2D eigenvalue weighted by atomic mass is 9.69. The smallest absolute Gasteiger partial charge is 0.410 e. The summed E-state index contributed by atoms with van der Waals surface area (Å²) in [4.78, 5) is 5.31. The number of benzene rings is 1. The number of aromatic nitrogens is 1. The Hall–Kier alpha value is -1.70. The van der Waals surface area contributed by atoms with Crippen molar-refractivity contribution < 1.29 is 22.7 Å². The average Bonchev–Trinajstić information content (AvgIpc) is 2.85. The fraction of sp³-hybridized carbons (Fsp3) is 0.676. The summed E-state index contributed by atoms with van der Waals surface area (Å²) in [6.07, 6.45) is 1.66. The van der Waals surface area contributed by atoms with Crippen molar-refractivity contribution >= 4 is 8.32 Å². The summed E-state index contributed by atoms with van der Waals surface area (Å²) in [5.74, 6) is 0.315. The third-order valence-electron chi connectivity index (χ3n) is 9.76. The number of aliphatic hydroxyl groups is 1. The van der Waals surface area contributed by atoms with Gasteiger partial charge in [0.2, 0.25) is 0 Å². The van der Waals surface area contributed by atoms with Gasteiger partial charge in [-0.2, -0.15) is 13.2 Å². The lowest BCUT2D eigenvalue weighted by Gasteiger charge is -2.46. The number of hydrogen-bond acceptors (Lipinski definition) is 3. The van der Waals surface area contributed by atoms with Gasteiger partial charge in [0.15, 0.2) is 8.32 Å². The molecular weight excluding hydrogens is 539 g/mol. The van der Waals surface area contributed by atoms with Gasteiger partial charge < -0.3 is 9.53 Å². The molecule has 2 aliphatic carbocycles. The largest absolute Gasteiger partial charge is 0.416 e. The Balaban J connectivity index is 1.98. The maximum absolute atomic E-state index is 13.4. The Morgan fingerprint density at radius 3 is 2.07 bits per heavy atom. The number of pyridine rings is 1. The number of fused-ring (bicyclic) bond motifs is 1. The molecule has 1 aromatic heterocycles. The number of hydrogen-bond donors (Lipinski definition) is 1. The van der Waals surface area contributed by atoms with Crippen LogP contribution in [0.2, 0.25) is 18.1 Å². The van der Waals surface area contributed by atoms with E-state index in [0.29, 0.717) is 5.56 Å². The van der Waals surface area contributed by atoms with Crippen LogP contribution in [0.5, 0.6) is 0 Å². The van der Waals surface area contributed by atoms with Gasteiger partial charge in [0.1, 0.15) is 6.10 Å². The van der Waals surface area contributed by atoms with Crippen molar-refractivity contribution in [2.24, 2.45) is 5.41 Å². The second-order valence-corrected chi connectivity index (χ2v) is 19.9. The molecule has 2 atom stereocenters. The second-order valence-electron chi connectivity index (χ2n) is 15.1. The molecule has 1 aromatic carbocycles. The van der Waals surface area contributed by atoms with E-state index in [1.54, 1.807) is 0 Å². The van der Waals surface area contributed by atoms with E-state index in [-0.39, 0.29) is 28.4 Å². The monoisotopic (exact) mass is 589 g/mol. The van der Waals surface area contributed by atoms with Gasteiger partial charge in [-0.25, -0.2) is 0 Å². The normalized spacial score (nSPS) is 21.2. The van der Waals surface area contributed by atoms with Crippen LogP contribution in [0.1, 0.15) is 150 Å². The van der Waals surface area contributed by atoms with Crippen LogP contribution in [-0.2, 0) is 17.0 Å². The zero-order valence-corrected chi connectivity index (χ0v) is 27.5. The van der Waals surface area contributed by atoms with Crippen LogP contribution in [-0.4, -0.2) is 18.4 Å². The first-order chi connectivity index (χ1) is 18.8. The SMILES string of the molecule is CC(C)c1nc2c(c(C3CCCCC3)c1[C@H](O)c1ccc(C(F)(F)F)cc1)[C@@H](O[Si](C)(C)C(C)(C)C)CC(C)(C)C2. The van der Waals surface area contributed by atoms with Crippen LogP contribution in [0.25, 0.3) is 0 Å². The first-order valence-electron chi connectivity index (χ1n) is 15.4. The Bertz CT molecular complexity index is 1220. The minimum atomic E-state index is -4.42. The van der Waals surface area contributed by atoms with Crippen LogP contribution in [0, 0.1) is 5.41 Å². The van der Waals surface area contributed by atoms with E-state index in [2.05, 4.69) is 61.6 Å². The minimum absolute atomic E-state index is 0.0126. The van der Waals surface area contributed by atoms with E-state index in [4.69, 9.17) is 9.41 Å². The predicted octanol–water partition coefficient (Wildman–Crippen LogP) is 10.4. The molecule has 1 saturated carbocycles. The standard InChI is InChI=1S/C34H50F3NO2Si/c1-21(2)30-29(31(39)23-15-17-24(18-16-23)34(35,36)37)27(22-13-11-10-12-14-22)28-25(38-30)19-33(6,7)20-26(28)40-41(8,9)32(3,4)5/h15-18,21-22,26,31,39H,10-14,19-20H2,1-9H3/t26-,31+/m0/s1. The van der Waals surface area contributed by atoms with Gasteiger partial charge in [0.25, 0.3) is 0 Å². The van der Waals surface area contributed by atoms with Gasteiger partial charge in [-0.15, -0.1) is 0 Å². The van der Waals surface area contributed by atoms with E-state index in [1.807, 2.05) is 0 Å². The summed E-state index contributed by atoms with van der Waals surface area (Å²) in [6.45, 7) is 20.1. The summed E-state index contributed by atoms with van der Waals surface area (Å²) in [5.41, 5.74) is 4.84. The Morgan fingerprint density at radius 1 is 0.976 bits per heavy atom.